The van der Waals surface area contributed by atoms with Crippen LogP contribution in [0.4, 0.5) is 0 Å². The van der Waals surface area contributed by atoms with Crippen molar-refractivity contribution in [3.8, 4) is 0 Å². The average molecular weight is 274 g/mol. The molecule has 1 aromatic carbocycles. The van der Waals surface area contributed by atoms with E-state index in [0.717, 1.165) is 11.5 Å². The number of hydrogen-bond acceptors (Lipinski definition) is 4. The zero-order chi connectivity index (χ0) is 13.7. The minimum Gasteiger partial charge on any atom is -0.288 e. The maximum absolute atomic E-state index is 12.1. The van der Waals surface area contributed by atoms with Gasteiger partial charge in [-0.1, -0.05) is 47.0 Å². The van der Waals surface area contributed by atoms with Gasteiger partial charge in [0.05, 0.1) is 4.88 Å². The van der Waals surface area contributed by atoms with Gasteiger partial charge in [0.2, 0.25) is 5.78 Å². The summed E-state index contributed by atoms with van der Waals surface area (Å²) in [5, 5.41) is 3.36. The largest absolute Gasteiger partial charge is 0.288 e. The summed E-state index contributed by atoms with van der Waals surface area (Å²) in [7, 11) is 0. The summed E-state index contributed by atoms with van der Waals surface area (Å²) in [6.07, 6.45) is 0. The molecule has 0 atom stereocenters. The van der Waals surface area contributed by atoms with Crippen molar-refractivity contribution in [2.24, 2.45) is 5.11 Å². The molecule has 2 aromatic rings. The van der Waals surface area contributed by atoms with Crippen molar-refractivity contribution in [2.45, 2.75) is 6.54 Å². The van der Waals surface area contributed by atoms with E-state index >= 15 is 0 Å². The van der Waals surface area contributed by atoms with Gasteiger partial charge in [0.1, 0.15) is 0 Å². The smallest absolute Gasteiger partial charge is 0.261 e. The van der Waals surface area contributed by atoms with E-state index in [2.05, 4.69) is 10.0 Å². The molecule has 0 N–H and O–H groups in total. The molecule has 1 heterocycles. The molecular weight excluding hydrogens is 264 g/mol. The normalized spacial score (nSPS) is 9.89. The number of carbonyl (C=O) groups is 1. The maximum Gasteiger partial charge on any atom is 0.261 e. The lowest BCUT2D eigenvalue weighted by atomic mass is 10.1. The fourth-order valence-electron chi connectivity index (χ4n) is 1.55. The molecule has 0 aliphatic heterocycles. The zero-order valence-electron chi connectivity index (χ0n) is 9.89. The van der Waals surface area contributed by atoms with Gasteiger partial charge in [-0.2, -0.15) is 0 Å². The van der Waals surface area contributed by atoms with E-state index < -0.39 is 0 Å². The number of rotatable bonds is 5. The van der Waals surface area contributed by atoms with Crippen LogP contribution in [0.15, 0.2) is 46.3 Å². The Morgan fingerprint density at radius 1 is 1.37 bits per heavy atom. The minimum absolute atomic E-state index is 0.176. The van der Waals surface area contributed by atoms with Crippen molar-refractivity contribution < 1.29 is 4.79 Å². The molecule has 0 fully saturated rings. The molecule has 96 valence electrons. The van der Waals surface area contributed by atoms with E-state index in [4.69, 9.17) is 5.53 Å². The highest BCUT2D eigenvalue weighted by Crippen LogP contribution is 2.12. The summed E-state index contributed by atoms with van der Waals surface area (Å²) in [6, 6.07) is 10.1. The quantitative estimate of drug-likeness (QED) is 0.363. The number of carbonyl (C=O) groups excluding carboxylic acids is 1. The van der Waals surface area contributed by atoms with Gasteiger partial charge in [0.25, 0.3) is 5.56 Å². The van der Waals surface area contributed by atoms with Gasteiger partial charge in [-0.15, -0.1) is 0 Å². The molecule has 1 aromatic heterocycles. The first-order valence-corrected chi connectivity index (χ1v) is 6.31. The molecule has 6 nitrogen and oxygen atoms in total. The lowest BCUT2D eigenvalue weighted by Crippen LogP contribution is -2.13. The Bertz CT molecular complexity index is 683. The van der Waals surface area contributed by atoms with Crippen LogP contribution in [0.1, 0.15) is 15.2 Å². The van der Waals surface area contributed by atoms with Crippen LogP contribution in [0.25, 0.3) is 10.4 Å². The van der Waals surface area contributed by atoms with Crippen LogP contribution >= 0.6 is 11.5 Å². The summed E-state index contributed by atoms with van der Waals surface area (Å²) in [4.78, 5) is 26.8. The molecule has 0 spiro atoms. The summed E-state index contributed by atoms with van der Waals surface area (Å²) in [5.74, 6) is -0.176. The van der Waals surface area contributed by atoms with Crippen LogP contribution in [-0.2, 0) is 6.54 Å². The molecule has 2 rings (SSSR count). The zero-order valence-corrected chi connectivity index (χ0v) is 10.7. The molecule has 7 heteroatoms. The highest BCUT2D eigenvalue weighted by molar-refractivity contribution is 7.08. The fourth-order valence-corrected chi connectivity index (χ4v) is 2.46. The Labute approximate surface area is 112 Å². The molecule has 0 bridgehead atoms. The predicted molar refractivity (Wildman–Crippen MR) is 72.5 cm³/mol. The third-order valence-electron chi connectivity index (χ3n) is 2.44. The van der Waals surface area contributed by atoms with Crippen LogP contribution in [0.5, 0.6) is 0 Å². The van der Waals surface area contributed by atoms with E-state index in [1.807, 2.05) is 6.07 Å². The average Bonchev–Trinajstić information content (AvgIpc) is 2.81. The second-order valence-electron chi connectivity index (χ2n) is 3.69. The lowest BCUT2D eigenvalue weighted by molar-refractivity contribution is 0.104. The molecule has 0 aliphatic carbocycles. The lowest BCUT2D eigenvalue weighted by Gasteiger charge is -1.97. The number of ketones is 1. The highest BCUT2D eigenvalue weighted by Gasteiger charge is 2.13. The van der Waals surface area contributed by atoms with Crippen LogP contribution in [0, 0.1) is 0 Å². The van der Waals surface area contributed by atoms with Gasteiger partial charge in [-0.05, 0) is 5.53 Å². The van der Waals surface area contributed by atoms with Crippen LogP contribution in [0.3, 0.4) is 0 Å². The Hall–Kier alpha value is -2.37. The summed E-state index contributed by atoms with van der Waals surface area (Å²) in [6.45, 7) is 0.478. The van der Waals surface area contributed by atoms with Gasteiger partial charge in [-0.25, -0.2) is 0 Å². The molecule has 0 unspecified atom stereocenters. The first kappa shape index (κ1) is 13.1. The molecule has 19 heavy (non-hydrogen) atoms. The first-order chi connectivity index (χ1) is 9.22. The number of benzene rings is 1. The third kappa shape index (κ3) is 3.09. The highest BCUT2D eigenvalue weighted by atomic mass is 32.1. The molecule has 0 radical (unpaired) electrons. The van der Waals surface area contributed by atoms with Crippen molar-refractivity contribution in [3.05, 3.63) is 67.6 Å². The number of hydrogen-bond donors (Lipinski definition) is 0. The number of aromatic nitrogens is 1. The third-order valence-corrected chi connectivity index (χ3v) is 3.52. The number of nitrogens with zero attached hydrogens (tertiary/aromatic N) is 4. The monoisotopic (exact) mass is 274 g/mol. The Morgan fingerprint density at radius 3 is 2.79 bits per heavy atom. The van der Waals surface area contributed by atoms with Crippen molar-refractivity contribution in [2.75, 3.05) is 6.54 Å². The molecular formula is C12H10N4O2S. The van der Waals surface area contributed by atoms with E-state index in [1.165, 1.54) is 10.0 Å². The van der Waals surface area contributed by atoms with Gasteiger partial charge < -0.3 is 0 Å². The Kier molecular flexibility index (Phi) is 4.12. The Balaban J connectivity index is 2.22. The summed E-state index contributed by atoms with van der Waals surface area (Å²) in [5.41, 5.74) is 8.47. The van der Waals surface area contributed by atoms with Gasteiger partial charge in [-0.3, -0.25) is 13.5 Å². The summed E-state index contributed by atoms with van der Waals surface area (Å²) < 4.78 is 1.41. The second kappa shape index (κ2) is 5.99. The minimum atomic E-state index is -0.252. The summed E-state index contributed by atoms with van der Waals surface area (Å²) >= 11 is 1.08. The van der Waals surface area contributed by atoms with E-state index in [-0.39, 0.29) is 24.4 Å². The predicted octanol–water partition coefficient (Wildman–Crippen LogP) is 2.45. The van der Waals surface area contributed by atoms with Crippen LogP contribution < -0.4 is 5.56 Å². The van der Waals surface area contributed by atoms with Gasteiger partial charge in [0, 0.05) is 29.6 Å². The second-order valence-corrected chi connectivity index (χ2v) is 4.75. The molecule has 0 aliphatic rings. The van der Waals surface area contributed by atoms with Crippen molar-refractivity contribution in [3.63, 3.8) is 0 Å². The van der Waals surface area contributed by atoms with Gasteiger partial charge >= 0.3 is 0 Å². The van der Waals surface area contributed by atoms with Crippen molar-refractivity contribution >= 4 is 17.3 Å². The topological polar surface area (TPSA) is 87.8 Å². The SMILES string of the molecule is [N-]=[N+]=NCCn1sc(C(=O)c2ccccc2)cc1=O. The van der Waals surface area contributed by atoms with Crippen LogP contribution in [0.2, 0.25) is 0 Å². The Morgan fingerprint density at radius 2 is 2.11 bits per heavy atom. The van der Waals surface area contributed by atoms with E-state index in [9.17, 15) is 9.59 Å². The van der Waals surface area contributed by atoms with Gasteiger partial charge in [0.15, 0.2) is 0 Å². The van der Waals surface area contributed by atoms with Crippen LogP contribution in [-0.4, -0.2) is 16.3 Å². The number of azide groups is 1. The molecule has 0 saturated heterocycles. The standard InChI is InChI=1S/C12H10N4O2S/c13-15-14-6-7-16-11(17)8-10(19-16)12(18)9-4-2-1-3-5-9/h1-5,8H,6-7H2. The van der Waals surface area contributed by atoms with Crippen molar-refractivity contribution in [1.82, 2.24) is 3.96 Å². The maximum atomic E-state index is 12.1. The molecule has 0 saturated carbocycles. The molecule has 0 amide bonds. The first-order valence-electron chi connectivity index (χ1n) is 5.54. The van der Waals surface area contributed by atoms with Crippen molar-refractivity contribution in [1.29, 1.82) is 0 Å². The fraction of sp³-hybridized carbons (Fsp3) is 0.167. The van der Waals surface area contributed by atoms with E-state index in [1.54, 1.807) is 24.3 Å². The van der Waals surface area contributed by atoms with E-state index in [0.29, 0.717) is 10.4 Å².